The smallest absolute Gasteiger partial charge is 0.294 e. The fourth-order valence-electron chi connectivity index (χ4n) is 3.31. The molecule has 0 radical (unpaired) electrons. The molecule has 5 rings (SSSR count). The van der Waals surface area contributed by atoms with Crippen LogP contribution in [0.15, 0.2) is 59.5 Å². The first-order valence-electron chi connectivity index (χ1n) is 8.33. The van der Waals surface area contributed by atoms with E-state index in [4.69, 9.17) is 9.29 Å². The predicted molar refractivity (Wildman–Crippen MR) is 96.4 cm³/mol. The largest absolute Gasteiger partial charge is 0.492 e. The maximum Gasteiger partial charge on any atom is 0.294 e. The van der Waals surface area contributed by atoms with E-state index in [0.29, 0.717) is 5.54 Å². The third-order valence-corrected chi connectivity index (χ3v) is 5.57. The van der Waals surface area contributed by atoms with Gasteiger partial charge in [0.1, 0.15) is 12.4 Å². The van der Waals surface area contributed by atoms with Gasteiger partial charge in [-0.2, -0.15) is 8.42 Å². The van der Waals surface area contributed by atoms with Crippen LogP contribution in [0.1, 0.15) is 18.4 Å². The lowest BCUT2D eigenvalue weighted by molar-refractivity contribution is 0.131. The minimum absolute atomic E-state index is 0.0666. The summed E-state index contributed by atoms with van der Waals surface area (Å²) >= 11 is 0. The summed E-state index contributed by atoms with van der Waals surface area (Å²) in [7, 11) is -4.02. The Morgan fingerprint density at radius 2 is 1.76 bits per heavy atom. The van der Waals surface area contributed by atoms with Gasteiger partial charge < -0.3 is 10.1 Å². The number of nitrogens with one attached hydrogen (secondary N) is 1. The second-order valence-corrected chi connectivity index (χ2v) is 8.25. The molecule has 134 valence electrons. The van der Waals surface area contributed by atoms with Gasteiger partial charge in [-0.3, -0.25) is 4.55 Å². The topological polar surface area (TPSA) is 75.6 Å². The number of rotatable bonds is 4. The van der Waals surface area contributed by atoms with Gasteiger partial charge in [-0.15, -0.1) is 0 Å². The zero-order valence-electron chi connectivity index (χ0n) is 14.2. The number of benzene rings is 2. The Balaban J connectivity index is 0.000000151. The lowest BCUT2D eigenvalue weighted by Gasteiger charge is -2.37. The molecule has 0 atom stereocenters. The van der Waals surface area contributed by atoms with E-state index in [1.54, 1.807) is 12.1 Å². The Morgan fingerprint density at radius 1 is 1.12 bits per heavy atom. The lowest BCUT2D eigenvalue weighted by Crippen LogP contribution is -2.48. The van der Waals surface area contributed by atoms with Gasteiger partial charge in [-0.05, 0) is 56.5 Å². The predicted octanol–water partition coefficient (Wildman–Crippen LogP) is 3.06. The molecule has 2 N–H and O–H groups in total. The Labute approximate surface area is 148 Å². The molecule has 25 heavy (non-hydrogen) atoms. The van der Waals surface area contributed by atoms with E-state index < -0.39 is 10.1 Å². The van der Waals surface area contributed by atoms with E-state index in [-0.39, 0.29) is 4.90 Å². The van der Waals surface area contributed by atoms with Crippen molar-refractivity contribution in [3.63, 3.8) is 0 Å². The molecule has 2 saturated heterocycles. The molecule has 5 nitrogen and oxygen atoms in total. The Hall–Kier alpha value is -1.89. The van der Waals surface area contributed by atoms with Crippen LogP contribution in [0, 0.1) is 12.8 Å². The minimum Gasteiger partial charge on any atom is -0.492 e. The highest BCUT2D eigenvalue weighted by atomic mass is 32.2. The summed E-state index contributed by atoms with van der Waals surface area (Å²) in [6, 6.07) is 16.1. The molecule has 2 heterocycles. The Kier molecular flexibility index (Phi) is 5.13. The number of hydrogen-bond donors (Lipinski definition) is 2. The van der Waals surface area contributed by atoms with Gasteiger partial charge in [0, 0.05) is 0 Å². The van der Waals surface area contributed by atoms with Crippen LogP contribution in [0.2, 0.25) is 0 Å². The standard InChI is InChI=1S/C12H15NO.C7H8O3S/c1-2-4-11(5-3-1)14-9-12-6-10(7-12)8-13-12;1-6-2-4-7(5-3-6)11(8,9)10/h1-5,10,13H,6-9H2;2-5H,1H3,(H,8,9,10). The van der Waals surface area contributed by atoms with Gasteiger partial charge in [0.2, 0.25) is 0 Å². The summed E-state index contributed by atoms with van der Waals surface area (Å²) in [5.41, 5.74) is 1.28. The molecule has 0 aromatic heterocycles. The molecule has 0 spiro atoms. The van der Waals surface area contributed by atoms with Crippen molar-refractivity contribution in [3.8, 4) is 5.75 Å². The van der Waals surface area contributed by atoms with Crippen molar-refractivity contribution in [3.05, 3.63) is 60.2 Å². The van der Waals surface area contributed by atoms with Crippen LogP contribution in [0.4, 0.5) is 0 Å². The van der Waals surface area contributed by atoms with E-state index in [2.05, 4.69) is 5.32 Å². The summed E-state index contributed by atoms with van der Waals surface area (Å²) in [5.74, 6) is 1.91. The molecule has 2 aromatic carbocycles. The number of hydrogen-bond acceptors (Lipinski definition) is 4. The number of fused-ring (bicyclic) bond motifs is 1. The second kappa shape index (κ2) is 7.15. The van der Waals surface area contributed by atoms with Crippen molar-refractivity contribution in [1.29, 1.82) is 0 Å². The highest BCUT2D eigenvalue weighted by molar-refractivity contribution is 7.85. The SMILES string of the molecule is Cc1ccc(S(=O)(=O)O)cc1.c1ccc(OCC23CC(CN2)C3)cc1. The summed E-state index contributed by atoms with van der Waals surface area (Å²) in [4.78, 5) is -0.0666. The first-order valence-corrected chi connectivity index (χ1v) is 9.77. The first kappa shape index (κ1) is 17.9. The fraction of sp³-hybridized carbons (Fsp3) is 0.368. The maximum atomic E-state index is 10.5. The molecular formula is C19H23NO4S. The van der Waals surface area contributed by atoms with Crippen molar-refractivity contribution < 1.29 is 17.7 Å². The van der Waals surface area contributed by atoms with Gasteiger partial charge in [0.15, 0.2) is 0 Å². The highest BCUT2D eigenvalue weighted by Gasteiger charge is 2.50. The molecule has 1 saturated carbocycles. The Morgan fingerprint density at radius 3 is 2.28 bits per heavy atom. The quantitative estimate of drug-likeness (QED) is 0.819. The monoisotopic (exact) mass is 361 g/mol. The van der Waals surface area contributed by atoms with E-state index in [1.165, 1.54) is 31.5 Å². The van der Waals surface area contributed by atoms with Gasteiger partial charge >= 0.3 is 0 Å². The summed E-state index contributed by atoms with van der Waals surface area (Å²) in [6.07, 6.45) is 2.61. The molecule has 0 amide bonds. The summed E-state index contributed by atoms with van der Waals surface area (Å²) < 4.78 is 35.3. The van der Waals surface area contributed by atoms with Crippen LogP contribution >= 0.6 is 0 Å². The Bertz CT molecular complexity index is 792. The van der Waals surface area contributed by atoms with Crippen LogP contribution in [-0.4, -0.2) is 31.7 Å². The molecular weight excluding hydrogens is 338 g/mol. The van der Waals surface area contributed by atoms with E-state index >= 15 is 0 Å². The first-order chi connectivity index (χ1) is 11.9. The summed E-state index contributed by atoms with van der Waals surface area (Å²) in [6.45, 7) is 3.86. The molecule has 2 bridgehead atoms. The van der Waals surface area contributed by atoms with Crippen LogP contribution in [0.5, 0.6) is 5.75 Å². The normalized spacial score (nSPS) is 24.0. The van der Waals surface area contributed by atoms with E-state index in [9.17, 15) is 8.42 Å². The summed E-state index contributed by atoms with van der Waals surface area (Å²) in [5, 5.41) is 3.55. The third kappa shape index (κ3) is 4.60. The molecule has 2 aliphatic heterocycles. The van der Waals surface area contributed by atoms with Gasteiger partial charge in [-0.1, -0.05) is 35.9 Å². The molecule has 0 unspecified atom stereocenters. The number of aryl methyl sites for hydroxylation is 1. The van der Waals surface area contributed by atoms with Crippen molar-refractivity contribution >= 4 is 10.1 Å². The second-order valence-electron chi connectivity index (χ2n) is 6.83. The van der Waals surface area contributed by atoms with Crippen LogP contribution in [0.3, 0.4) is 0 Å². The van der Waals surface area contributed by atoms with Crippen LogP contribution in [0.25, 0.3) is 0 Å². The van der Waals surface area contributed by atoms with Crippen molar-refractivity contribution in [2.75, 3.05) is 13.2 Å². The lowest BCUT2D eigenvalue weighted by atomic mass is 9.74. The van der Waals surface area contributed by atoms with Crippen molar-refractivity contribution in [2.45, 2.75) is 30.2 Å². The molecule has 1 aliphatic carbocycles. The zero-order chi connectivity index (χ0) is 17.9. The van der Waals surface area contributed by atoms with Crippen molar-refractivity contribution in [2.24, 2.45) is 5.92 Å². The highest BCUT2D eigenvalue weighted by Crippen LogP contribution is 2.43. The molecule has 6 heteroatoms. The van der Waals surface area contributed by atoms with Crippen LogP contribution < -0.4 is 10.1 Å². The van der Waals surface area contributed by atoms with Crippen molar-refractivity contribution in [1.82, 2.24) is 5.32 Å². The van der Waals surface area contributed by atoms with Gasteiger partial charge in [0.25, 0.3) is 10.1 Å². The van der Waals surface area contributed by atoms with E-state index in [0.717, 1.165) is 23.8 Å². The molecule has 3 fully saturated rings. The van der Waals surface area contributed by atoms with Crippen LogP contribution in [-0.2, 0) is 10.1 Å². The molecule has 2 aromatic rings. The minimum atomic E-state index is -4.02. The maximum absolute atomic E-state index is 10.5. The third-order valence-electron chi connectivity index (χ3n) is 4.70. The average Bonchev–Trinajstić information content (AvgIpc) is 3.15. The number of ether oxygens (including phenoxy) is 1. The van der Waals surface area contributed by atoms with Gasteiger partial charge in [0.05, 0.1) is 10.4 Å². The molecule has 3 aliphatic rings. The van der Waals surface area contributed by atoms with E-state index in [1.807, 2.05) is 37.3 Å². The number of para-hydroxylation sites is 1. The zero-order valence-corrected chi connectivity index (χ0v) is 15.0. The fourth-order valence-corrected chi connectivity index (χ4v) is 3.79. The van der Waals surface area contributed by atoms with Gasteiger partial charge in [-0.25, -0.2) is 0 Å². The average molecular weight is 361 g/mol.